The van der Waals surface area contributed by atoms with Crippen molar-refractivity contribution in [3.05, 3.63) is 23.3 Å². The van der Waals surface area contributed by atoms with Gasteiger partial charge in [-0.1, -0.05) is 59.3 Å². The van der Waals surface area contributed by atoms with Crippen LogP contribution in [0, 0.1) is 50.2 Å². The van der Waals surface area contributed by atoms with E-state index in [0.717, 1.165) is 5.57 Å². The van der Waals surface area contributed by atoms with Crippen molar-refractivity contribution in [2.45, 2.75) is 193 Å². The summed E-state index contributed by atoms with van der Waals surface area (Å²) in [7, 11) is 0. The van der Waals surface area contributed by atoms with E-state index >= 15 is 0 Å². The Kier molecular flexibility index (Phi) is 14.7. The SMILES string of the molecule is CC=C(C)C(=O)OC1C(O)C2(COC(C)=O)C(O)CC3(C)C(=CCC4C5(C)CCC(OC6OC(C(=O)O)C(O)C(OC7OC(CO)C(O)C(O)C7O)C6O)C(C)(CO)C5CCC43C)C2CC1(C)C. The molecule has 2 saturated heterocycles. The zero-order chi connectivity index (χ0) is 50.4. The second kappa shape index (κ2) is 18.8. The molecule has 5 aliphatic carbocycles. The van der Waals surface area contributed by atoms with Gasteiger partial charge in [0.05, 0.1) is 30.8 Å². The number of fused-ring (bicyclic) bond motifs is 7. The average Bonchev–Trinajstić information content (AvgIpc) is 3.27. The van der Waals surface area contributed by atoms with Gasteiger partial charge < -0.3 is 79.5 Å². The molecule has 0 bridgehead atoms. The second-order valence-electron chi connectivity index (χ2n) is 22.8. The molecule has 7 rings (SSSR count). The van der Waals surface area contributed by atoms with Gasteiger partial charge in [-0.25, -0.2) is 9.59 Å². The highest BCUT2D eigenvalue weighted by molar-refractivity contribution is 5.87. The van der Waals surface area contributed by atoms with Crippen LogP contribution in [0.25, 0.3) is 0 Å². The first-order chi connectivity index (χ1) is 31.6. The first-order valence-corrected chi connectivity index (χ1v) is 24.2. The van der Waals surface area contributed by atoms with Crippen molar-refractivity contribution >= 4 is 17.9 Å². The molecular weight excluding hydrogens is 893 g/mol. The summed E-state index contributed by atoms with van der Waals surface area (Å²) in [5.74, 6) is -3.42. The van der Waals surface area contributed by atoms with Gasteiger partial charge >= 0.3 is 17.9 Å². The normalized spacial score (nSPS) is 50.1. The number of aliphatic carboxylic acids is 1. The molecule has 6 fully saturated rings. The third-order valence-corrected chi connectivity index (χ3v) is 18.9. The van der Waals surface area contributed by atoms with Crippen molar-refractivity contribution in [1.29, 1.82) is 0 Å². The summed E-state index contributed by atoms with van der Waals surface area (Å²) in [6.07, 6.45) is -15.3. The number of allylic oxidation sites excluding steroid dienone is 3. The Morgan fingerprint density at radius 2 is 1.47 bits per heavy atom. The summed E-state index contributed by atoms with van der Waals surface area (Å²) in [5.41, 5.74) is -3.22. The molecule has 22 unspecified atom stereocenters. The van der Waals surface area contributed by atoms with Crippen LogP contribution in [-0.2, 0) is 42.8 Å². The number of hydrogen-bond donors (Lipinski definition) is 10. The fourth-order valence-corrected chi connectivity index (χ4v) is 14.7. The molecule has 19 nitrogen and oxygen atoms in total. The number of carboxylic acid groups (broad SMARTS) is 1. The molecule has 68 heavy (non-hydrogen) atoms. The molecule has 2 heterocycles. The van der Waals surface area contributed by atoms with E-state index in [4.69, 9.17) is 28.4 Å². The van der Waals surface area contributed by atoms with Crippen molar-refractivity contribution in [3.8, 4) is 0 Å². The lowest BCUT2D eigenvalue weighted by Gasteiger charge is -2.72. The van der Waals surface area contributed by atoms with Crippen LogP contribution in [0.3, 0.4) is 0 Å². The van der Waals surface area contributed by atoms with Crippen molar-refractivity contribution < 1.29 is 93.9 Å². The van der Waals surface area contributed by atoms with Crippen LogP contribution in [0.15, 0.2) is 23.3 Å². The Balaban J connectivity index is 1.18. The van der Waals surface area contributed by atoms with Gasteiger partial charge in [-0.05, 0) is 92.8 Å². The molecule has 0 amide bonds. The molecule has 0 aromatic carbocycles. The monoisotopic (exact) mass is 968 g/mol. The minimum atomic E-state index is -2.03. The van der Waals surface area contributed by atoms with Crippen molar-refractivity contribution in [1.82, 2.24) is 0 Å². The lowest BCUT2D eigenvalue weighted by Crippen LogP contribution is -2.72. The van der Waals surface area contributed by atoms with Crippen molar-refractivity contribution in [2.24, 2.45) is 50.2 Å². The van der Waals surface area contributed by atoms with Crippen molar-refractivity contribution in [3.63, 3.8) is 0 Å². The lowest BCUT2D eigenvalue weighted by atomic mass is 9.33. The Morgan fingerprint density at radius 1 is 0.809 bits per heavy atom. The van der Waals surface area contributed by atoms with E-state index in [9.17, 15) is 65.4 Å². The van der Waals surface area contributed by atoms with Gasteiger partial charge in [0.2, 0.25) is 0 Å². The van der Waals surface area contributed by atoms with Crippen molar-refractivity contribution in [2.75, 3.05) is 19.8 Å². The first-order valence-electron chi connectivity index (χ1n) is 24.2. The van der Waals surface area contributed by atoms with Crippen LogP contribution in [0.5, 0.6) is 0 Å². The number of hydrogen-bond acceptors (Lipinski definition) is 18. The maximum absolute atomic E-state index is 13.2. The standard InChI is InChI=1S/C49H76O19/c1-10-22(2)41(62)68-39-38(59)49(21-63-23(3)52)25(17-44(39,4)5)24-11-12-28-45(6)15-14-30(46(7,20-51)27(45)13-16-47(28,8)48(24,9)18-29(49)53)65-43-35(58)36(34(57)37(67-43)40(60)61)66-42-33(56)32(55)31(54)26(19-50)64-42/h10-11,25-39,42-43,50-51,53-59H,12-21H2,1-9H3,(H,60,61). The third-order valence-electron chi connectivity index (χ3n) is 18.9. The number of carbonyl (C=O) groups is 3. The molecule has 19 heteroatoms. The fraction of sp³-hybridized carbons (Fsp3) is 0.857. The van der Waals surface area contributed by atoms with Crippen LogP contribution in [0.1, 0.15) is 107 Å². The number of ether oxygens (including phenoxy) is 6. The summed E-state index contributed by atoms with van der Waals surface area (Å²) < 4.78 is 35.2. The maximum atomic E-state index is 13.2. The van der Waals surface area contributed by atoms with Crippen LogP contribution in [0.2, 0.25) is 0 Å². The van der Waals surface area contributed by atoms with Crippen LogP contribution in [-0.4, -0.2) is 175 Å². The van der Waals surface area contributed by atoms with Crippen LogP contribution < -0.4 is 0 Å². The third kappa shape index (κ3) is 8.11. The second-order valence-corrected chi connectivity index (χ2v) is 22.8. The summed E-state index contributed by atoms with van der Waals surface area (Å²) in [4.78, 5) is 38.1. The molecule has 0 aromatic heterocycles. The van der Waals surface area contributed by atoms with Gasteiger partial charge in [-0.15, -0.1) is 0 Å². The molecular formula is C49H76O19. The van der Waals surface area contributed by atoms with Gasteiger partial charge in [0.1, 0.15) is 61.5 Å². The fourth-order valence-electron chi connectivity index (χ4n) is 14.7. The highest BCUT2D eigenvalue weighted by Gasteiger charge is 2.73. The quantitative estimate of drug-likeness (QED) is 0.0594. The van der Waals surface area contributed by atoms with E-state index < -0.39 is 149 Å². The molecule has 0 spiro atoms. The molecule has 386 valence electrons. The highest BCUT2D eigenvalue weighted by Crippen LogP contribution is 2.76. The molecule has 0 radical (unpaired) electrons. The number of esters is 2. The van der Waals surface area contributed by atoms with E-state index in [2.05, 4.69) is 26.8 Å². The maximum Gasteiger partial charge on any atom is 0.335 e. The smallest absolute Gasteiger partial charge is 0.335 e. The Labute approximate surface area is 397 Å². The predicted molar refractivity (Wildman–Crippen MR) is 236 cm³/mol. The van der Waals surface area contributed by atoms with Gasteiger partial charge in [0.15, 0.2) is 18.7 Å². The van der Waals surface area contributed by atoms with E-state index in [1.165, 1.54) is 6.92 Å². The number of aliphatic hydroxyl groups is 9. The zero-order valence-corrected chi connectivity index (χ0v) is 40.7. The Bertz CT molecular complexity index is 1970. The lowest BCUT2D eigenvalue weighted by molar-refractivity contribution is -0.366. The average molecular weight is 969 g/mol. The topological polar surface area (TPSA) is 309 Å². The number of aliphatic hydroxyl groups excluding tert-OH is 9. The number of carbonyl (C=O) groups excluding carboxylic acids is 2. The van der Waals surface area contributed by atoms with E-state index in [1.807, 2.05) is 20.8 Å². The molecule has 4 saturated carbocycles. The highest BCUT2D eigenvalue weighted by atomic mass is 16.7. The minimum absolute atomic E-state index is 0.000837. The van der Waals surface area contributed by atoms with Gasteiger partial charge in [0.25, 0.3) is 0 Å². The molecule has 22 atom stereocenters. The van der Waals surface area contributed by atoms with Crippen LogP contribution >= 0.6 is 0 Å². The summed E-state index contributed by atoms with van der Waals surface area (Å²) >= 11 is 0. The minimum Gasteiger partial charge on any atom is -0.479 e. The van der Waals surface area contributed by atoms with Gasteiger partial charge in [-0.2, -0.15) is 0 Å². The van der Waals surface area contributed by atoms with E-state index in [0.29, 0.717) is 44.1 Å². The Hall–Kier alpha value is -2.63. The van der Waals surface area contributed by atoms with Crippen LogP contribution in [0.4, 0.5) is 0 Å². The first kappa shape index (κ1) is 53.2. The van der Waals surface area contributed by atoms with E-state index in [1.54, 1.807) is 19.9 Å². The Morgan fingerprint density at radius 3 is 2.07 bits per heavy atom. The number of rotatable bonds is 11. The number of carboxylic acids is 1. The van der Waals surface area contributed by atoms with Gasteiger partial charge in [-0.3, -0.25) is 4.79 Å². The molecule has 0 aromatic rings. The summed E-state index contributed by atoms with van der Waals surface area (Å²) in [5, 5.41) is 111. The summed E-state index contributed by atoms with van der Waals surface area (Å²) in [6, 6.07) is 0. The van der Waals surface area contributed by atoms with E-state index in [-0.39, 0.29) is 31.5 Å². The predicted octanol–water partition coefficient (Wildman–Crippen LogP) is 0.855. The van der Waals surface area contributed by atoms with Gasteiger partial charge in [0, 0.05) is 23.3 Å². The largest absolute Gasteiger partial charge is 0.479 e. The molecule has 7 aliphatic rings. The molecule has 10 N–H and O–H groups in total. The summed E-state index contributed by atoms with van der Waals surface area (Å²) in [6.45, 7) is 15.7. The molecule has 2 aliphatic heterocycles. The zero-order valence-electron chi connectivity index (χ0n) is 40.7.